The Labute approximate surface area is 156 Å². The van der Waals surface area contributed by atoms with E-state index in [0.29, 0.717) is 11.7 Å². The zero-order valence-corrected chi connectivity index (χ0v) is 15.7. The average Bonchev–Trinajstić information content (AvgIpc) is 3.32. The van der Waals surface area contributed by atoms with Crippen LogP contribution >= 0.6 is 22.7 Å². The molecule has 0 N–H and O–H groups in total. The summed E-state index contributed by atoms with van der Waals surface area (Å²) in [5, 5.41) is 3.31. The molecule has 2 aromatic heterocycles. The van der Waals surface area contributed by atoms with E-state index < -0.39 is 0 Å². The maximum atomic E-state index is 13.0. The standard InChI is InChI=1S/C21H21NOS2/c23-18(11-16-13-22-8-6-14(16)7-9-22)20-12-15-3-1-4-17(21(15)25-20)19-5-2-10-24-19/h1-5,10,12,14,16H,6-9,11,13H2/t16-/m0/s1. The van der Waals surface area contributed by atoms with Crippen LogP contribution in [0.1, 0.15) is 28.9 Å². The maximum Gasteiger partial charge on any atom is 0.173 e. The number of Topliss-reactive ketones (excluding diaryl/α,β-unsaturated/α-hetero) is 1. The predicted octanol–water partition coefficient (Wildman–Crippen LogP) is 5.54. The second-order valence-corrected chi connectivity index (χ2v) is 9.34. The van der Waals surface area contributed by atoms with Gasteiger partial charge in [-0.1, -0.05) is 24.3 Å². The summed E-state index contributed by atoms with van der Waals surface area (Å²) in [7, 11) is 0. The van der Waals surface area contributed by atoms with E-state index in [9.17, 15) is 4.79 Å². The number of rotatable bonds is 4. The van der Waals surface area contributed by atoms with E-state index in [1.165, 1.54) is 46.5 Å². The van der Waals surface area contributed by atoms with Gasteiger partial charge in [0.25, 0.3) is 0 Å². The van der Waals surface area contributed by atoms with Gasteiger partial charge in [0.05, 0.1) is 4.88 Å². The van der Waals surface area contributed by atoms with Crippen LogP contribution in [0.2, 0.25) is 0 Å². The Kier molecular flexibility index (Phi) is 4.00. The van der Waals surface area contributed by atoms with Crippen LogP contribution in [0, 0.1) is 11.8 Å². The highest BCUT2D eigenvalue weighted by molar-refractivity contribution is 7.22. The summed E-state index contributed by atoms with van der Waals surface area (Å²) in [5.74, 6) is 1.68. The fourth-order valence-electron chi connectivity index (χ4n) is 4.48. The summed E-state index contributed by atoms with van der Waals surface area (Å²) < 4.78 is 1.25. The Morgan fingerprint density at radius 3 is 2.76 bits per heavy atom. The average molecular weight is 368 g/mol. The van der Waals surface area contributed by atoms with Crippen molar-refractivity contribution in [3.05, 3.63) is 46.7 Å². The molecule has 3 aliphatic rings. The van der Waals surface area contributed by atoms with Crippen LogP contribution in [0.4, 0.5) is 0 Å². The normalized spacial score (nSPS) is 25.5. The number of hydrogen-bond acceptors (Lipinski definition) is 4. The van der Waals surface area contributed by atoms with Crippen molar-refractivity contribution >= 4 is 38.5 Å². The fraction of sp³-hybridized carbons (Fsp3) is 0.381. The first-order valence-corrected chi connectivity index (χ1v) is 10.8. The Morgan fingerprint density at radius 2 is 2.04 bits per heavy atom. The molecule has 4 heteroatoms. The van der Waals surface area contributed by atoms with E-state index in [4.69, 9.17) is 0 Å². The van der Waals surface area contributed by atoms with Crippen LogP contribution < -0.4 is 0 Å². The minimum absolute atomic E-state index is 0.345. The molecule has 0 amide bonds. The molecule has 25 heavy (non-hydrogen) atoms. The first-order chi connectivity index (χ1) is 12.3. The molecule has 1 atom stereocenters. The maximum absolute atomic E-state index is 13.0. The fourth-order valence-corrected chi connectivity index (χ4v) is 6.44. The van der Waals surface area contributed by atoms with Crippen molar-refractivity contribution in [1.29, 1.82) is 0 Å². The van der Waals surface area contributed by atoms with Gasteiger partial charge >= 0.3 is 0 Å². The first kappa shape index (κ1) is 15.7. The molecule has 0 saturated carbocycles. The lowest BCUT2D eigenvalue weighted by molar-refractivity contribution is 0.0442. The smallest absolute Gasteiger partial charge is 0.173 e. The second-order valence-electron chi connectivity index (χ2n) is 7.34. The summed E-state index contributed by atoms with van der Waals surface area (Å²) in [6, 6.07) is 12.8. The van der Waals surface area contributed by atoms with E-state index in [0.717, 1.165) is 23.8 Å². The zero-order chi connectivity index (χ0) is 16.8. The largest absolute Gasteiger partial charge is 0.303 e. The first-order valence-electron chi connectivity index (χ1n) is 9.10. The minimum Gasteiger partial charge on any atom is -0.303 e. The molecule has 1 aromatic carbocycles. The van der Waals surface area contributed by atoms with E-state index in [-0.39, 0.29) is 0 Å². The van der Waals surface area contributed by atoms with Gasteiger partial charge in [-0.2, -0.15) is 0 Å². The van der Waals surface area contributed by atoms with Crippen LogP contribution in [0.25, 0.3) is 20.5 Å². The molecule has 3 saturated heterocycles. The topological polar surface area (TPSA) is 20.3 Å². The molecule has 2 nitrogen and oxygen atoms in total. The molecular formula is C21H21NOS2. The Hall–Kier alpha value is -1.49. The van der Waals surface area contributed by atoms with Crippen molar-refractivity contribution in [2.75, 3.05) is 19.6 Å². The summed E-state index contributed by atoms with van der Waals surface area (Å²) in [5.41, 5.74) is 1.26. The van der Waals surface area contributed by atoms with Gasteiger partial charge in [0, 0.05) is 28.1 Å². The van der Waals surface area contributed by atoms with Gasteiger partial charge in [-0.3, -0.25) is 4.79 Å². The van der Waals surface area contributed by atoms with Crippen molar-refractivity contribution in [1.82, 2.24) is 4.90 Å². The lowest BCUT2D eigenvalue weighted by Gasteiger charge is -2.44. The molecule has 3 aliphatic heterocycles. The Balaban J connectivity index is 1.43. The molecule has 3 fully saturated rings. The Bertz CT molecular complexity index is 903. The third-order valence-electron chi connectivity index (χ3n) is 5.84. The number of benzene rings is 1. The lowest BCUT2D eigenvalue weighted by atomic mass is 9.76. The monoisotopic (exact) mass is 367 g/mol. The molecule has 0 radical (unpaired) electrons. The molecule has 6 rings (SSSR count). The molecule has 0 spiro atoms. The quantitative estimate of drug-likeness (QED) is 0.564. The molecule has 0 aliphatic carbocycles. The van der Waals surface area contributed by atoms with Crippen LogP contribution in [-0.2, 0) is 0 Å². The minimum atomic E-state index is 0.345. The highest BCUT2D eigenvalue weighted by Crippen LogP contribution is 2.39. The molecule has 5 heterocycles. The van der Waals surface area contributed by atoms with Crippen molar-refractivity contribution in [2.45, 2.75) is 19.3 Å². The summed E-state index contributed by atoms with van der Waals surface area (Å²) >= 11 is 3.44. The van der Waals surface area contributed by atoms with E-state index in [1.807, 2.05) is 0 Å². The van der Waals surface area contributed by atoms with Gasteiger partial charge in [-0.25, -0.2) is 0 Å². The van der Waals surface area contributed by atoms with Gasteiger partial charge < -0.3 is 4.90 Å². The van der Waals surface area contributed by atoms with Gasteiger partial charge in [0.1, 0.15) is 0 Å². The van der Waals surface area contributed by atoms with Gasteiger partial charge in [-0.05, 0) is 60.7 Å². The van der Waals surface area contributed by atoms with Crippen LogP contribution in [0.5, 0.6) is 0 Å². The van der Waals surface area contributed by atoms with E-state index >= 15 is 0 Å². The van der Waals surface area contributed by atoms with Crippen molar-refractivity contribution in [2.24, 2.45) is 11.8 Å². The zero-order valence-electron chi connectivity index (χ0n) is 14.1. The number of carbonyl (C=O) groups excluding carboxylic acids is 1. The SMILES string of the molecule is O=C(C[C@H]1CN2CCC1CC2)c1cc2cccc(-c3cccs3)c2s1. The van der Waals surface area contributed by atoms with Gasteiger partial charge in [0.2, 0.25) is 0 Å². The van der Waals surface area contributed by atoms with E-state index in [2.05, 4.69) is 46.7 Å². The van der Waals surface area contributed by atoms with Crippen LogP contribution in [0.15, 0.2) is 41.8 Å². The number of thiophene rings is 2. The number of nitrogens with zero attached hydrogens (tertiary/aromatic N) is 1. The second kappa shape index (κ2) is 6.35. The van der Waals surface area contributed by atoms with E-state index in [1.54, 1.807) is 22.7 Å². The number of fused-ring (bicyclic) bond motifs is 4. The number of piperidine rings is 3. The lowest BCUT2D eigenvalue weighted by Crippen LogP contribution is -2.47. The van der Waals surface area contributed by atoms with Crippen LogP contribution in [0.3, 0.4) is 0 Å². The molecule has 2 bridgehead atoms. The van der Waals surface area contributed by atoms with Crippen LogP contribution in [-0.4, -0.2) is 30.3 Å². The summed E-state index contributed by atoms with van der Waals surface area (Å²) in [6.45, 7) is 3.60. The summed E-state index contributed by atoms with van der Waals surface area (Å²) in [4.78, 5) is 17.7. The highest BCUT2D eigenvalue weighted by Gasteiger charge is 2.35. The molecular weight excluding hydrogens is 346 g/mol. The molecule has 0 unspecified atom stereocenters. The van der Waals surface area contributed by atoms with Crippen molar-refractivity contribution in [3.63, 3.8) is 0 Å². The van der Waals surface area contributed by atoms with Crippen molar-refractivity contribution in [3.8, 4) is 10.4 Å². The molecule has 128 valence electrons. The number of ketones is 1. The van der Waals surface area contributed by atoms with Gasteiger partial charge in [0.15, 0.2) is 5.78 Å². The molecule has 3 aromatic rings. The predicted molar refractivity (Wildman–Crippen MR) is 107 cm³/mol. The third kappa shape index (κ3) is 2.86. The number of hydrogen-bond donors (Lipinski definition) is 0. The number of carbonyl (C=O) groups is 1. The highest BCUT2D eigenvalue weighted by atomic mass is 32.1. The Morgan fingerprint density at radius 1 is 1.16 bits per heavy atom. The van der Waals surface area contributed by atoms with Crippen molar-refractivity contribution < 1.29 is 4.79 Å². The third-order valence-corrected chi connectivity index (χ3v) is 7.97. The van der Waals surface area contributed by atoms with Gasteiger partial charge in [-0.15, -0.1) is 22.7 Å². The summed E-state index contributed by atoms with van der Waals surface area (Å²) in [6.07, 6.45) is 3.29.